The summed E-state index contributed by atoms with van der Waals surface area (Å²) in [6.45, 7) is 4.12. The normalized spacial score (nSPS) is 12.0. The highest BCUT2D eigenvalue weighted by molar-refractivity contribution is 14.0. The van der Waals surface area contributed by atoms with E-state index in [1.54, 1.807) is 0 Å². The number of alkyl halides is 3. The topological polar surface area (TPSA) is 52.6 Å². The minimum atomic E-state index is -4.41. The van der Waals surface area contributed by atoms with Crippen LogP contribution in [0.4, 0.5) is 13.2 Å². The molecule has 0 radical (unpaired) electrons. The van der Waals surface area contributed by atoms with Gasteiger partial charge in [-0.05, 0) is 32.1 Å². The van der Waals surface area contributed by atoms with E-state index < -0.39 is 11.9 Å². The molecule has 0 amide bonds. The number of hydrogen-bond donors (Lipinski definition) is 2. The van der Waals surface area contributed by atoms with E-state index in [0.717, 1.165) is 28.8 Å². The van der Waals surface area contributed by atoms with Gasteiger partial charge in [0.05, 0.1) is 13.1 Å². The fourth-order valence-electron chi connectivity index (χ4n) is 2.31. The minimum absolute atomic E-state index is 0. The van der Waals surface area contributed by atoms with Crippen LogP contribution in [0.25, 0.3) is 0 Å². The van der Waals surface area contributed by atoms with Crippen molar-refractivity contribution in [2.75, 3.05) is 20.6 Å². The van der Waals surface area contributed by atoms with Gasteiger partial charge in [-0.2, -0.15) is 13.2 Å². The zero-order chi connectivity index (χ0) is 19.9. The number of guanidine groups is 1. The fraction of sp³-hybridized carbons (Fsp3) is 0.444. The summed E-state index contributed by atoms with van der Waals surface area (Å²) in [6.07, 6.45) is -4.41. The summed E-state index contributed by atoms with van der Waals surface area (Å²) in [5.74, 6) is 0.540. The summed E-state index contributed by atoms with van der Waals surface area (Å²) >= 11 is 0.977. The number of aliphatic imine (C=N–C) groups is 1. The van der Waals surface area contributed by atoms with Crippen molar-refractivity contribution in [1.82, 2.24) is 20.5 Å². The Bertz CT molecular complexity index is 744. The standard InChI is InChI=1S/C18H24F3N5S.HI/c1-4-22-17(24-10-16-25-15(12-27-16)18(19,20)21)23-9-13-5-7-14(8-6-13)11-26(2)3;/h5-8,12H,4,9-11H2,1-3H3,(H2,22,23,24);1H. The van der Waals surface area contributed by atoms with E-state index in [4.69, 9.17) is 0 Å². The van der Waals surface area contributed by atoms with Crippen LogP contribution >= 0.6 is 35.3 Å². The van der Waals surface area contributed by atoms with Crippen LogP contribution < -0.4 is 10.6 Å². The Morgan fingerprint density at radius 2 is 1.79 bits per heavy atom. The molecule has 0 aliphatic carbocycles. The summed E-state index contributed by atoms with van der Waals surface area (Å²) in [5, 5.41) is 7.49. The van der Waals surface area contributed by atoms with Crippen molar-refractivity contribution in [2.45, 2.75) is 32.7 Å². The molecule has 2 aromatic rings. The van der Waals surface area contributed by atoms with Crippen LogP contribution in [0.3, 0.4) is 0 Å². The third-order valence-electron chi connectivity index (χ3n) is 3.53. The molecule has 0 saturated carbocycles. The highest BCUT2D eigenvalue weighted by atomic mass is 127. The van der Waals surface area contributed by atoms with Crippen LogP contribution in [0.2, 0.25) is 0 Å². The molecule has 0 bridgehead atoms. The first kappa shape index (κ1) is 24.6. The van der Waals surface area contributed by atoms with E-state index in [2.05, 4.69) is 37.6 Å². The van der Waals surface area contributed by atoms with E-state index in [0.29, 0.717) is 24.1 Å². The minimum Gasteiger partial charge on any atom is -0.357 e. The molecule has 0 aliphatic rings. The third-order valence-corrected chi connectivity index (χ3v) is 4.38. The molecule has 0 spiro atoms. The summed E-state index contributed by atoms with van der Waals surface area (Å²) in [7, 11) is 4.04. The molecule has 5 nitrogen and oxygen atoms in total. The second-order valence-electron chi connectivity index (χ2n) is 6.23. The van der Waals surface area contributed by atoms with Crippen molar-refractivity contribution in [3.05, 3.63) is 51.5 Å². The van der Waals surface area contributed by atoms with Crippen molar-refractivity contribution in [2.24, 2.45) is 4.99 Å². The third kappa shape index (κ3) is 8.31. The van der Waals surface area contributed by atoms with Crippen molar-refractivity contribution < 1.29 is 13.2 Å². The number of benzene rings is 1. The van der Waals surface area contributed by atoms with Crippen molar-refractivity contribution in [3.8, 4) is 0 Å². The number of hydrogen-bond acceptors (Lipinski definition) is 4. The lowest BCUT2D eigenvalue weighted by Gasteiger charge is -2.11. The van der Waals surface area contributed by atoms with Gasteiger partial charge in [0.25, 0.3) is 0 Å². The van der Waals surface area contributed by atoms with Gasteiger partial charge in [-0.3, -0.25) is 0 Å². The largest absolute Gasteiger partial charge is 0.434 e. The molecule has 10 heteroatoms. The van der Waals surface area contributed by atoms with Crippen molar-refractivity contribution in [1.29, 1.82) is 0 Å². The van der Waals surface area contributed by atoms with E-state index in [1.807, 2.05) is 33.2 Å². The highest BCUT2D eigenvalue weighted by Crippen LogP contribution is 2.29. The second kappa shape index (κ2) is 11.6. The van der Waals surface area contributed by atoms with Crippen molar-refractivity contribution in [3.63, 3.8) is 0 Å². The smallest absolute Gasteiger partial charge is 0.357 e. The number of nitrogens with zero attached hydrogens (tertiary/aromatic N) is 3. The lowest BCUT2D eigenvalue weighted by molar-refractivity contribution is -0.140. The summed E-state index contributed by atoms with van der Waals surface area (Å²) in [5.41, 5.74) is 1.43. The molecule has 2 rings (SSSR count). The van der Waals surface area contributed by atoms with E-state index in [-0.39, 0.29) is 30.5 Å². The molecular weight excluding hydrogens is 502 g/mol. The quantitative estimate of drug-likeness (QED) is 0.324. The predicted molar refractivity (Wildman–Crippen MR) is 118 cm³/mol. The molecule has 156 valence electrons. The van der Waals surface area contributed by atoms with Crippen LogP contribution in [-0.2, 0) is 25.8 Å². The maximum atomic E-state index is 12.6. The molecule has 0 unspecified atom stereocenters. The Balaban J connectivity index is 0.00000392. The van der Waals surface area contributed by atoms with Crippen LogP contribution in [-0.4, -0.2) is 36.5 Å². The molecule has 0 aliphatic heterocycles. The lowest BCUT2D eigenvalue weighted by atomic mass is 10.1. The first-order valence-electron chi connectivity index (χ1n) is 8.54. The Hall–Kier alpha value is -1.40. The van der Waals surface area contributed by atoms with Gasteiger partial charge < -0.3 is 15.5 Å². The molecule has 2 N–H and O–H groups in total. The van der Waals surface area contributed by atoms with Gasteiger partial charge in [-0.15, -0.1) is 35.3 Å². The lowest BCUT2D eigenvalue weighted by Crippen LogP contribution is -2.36. The van der Waals surface area contributed by atoms with Gasteiger partial charge in [0.2, 0.25) is 0 Å². The fourth-order valence-corrected chi connectivity index (χ4v) is 3.05. The molecule has 1 aromatic heterocycles. The zero-order valence-electron chi connectivity index (χ0n) is 16.0. The van der Waals surface area contributed by atoms with Crippen LogP contribution in [0.1, 0.15) is 28.8 Å². The van der Waals surface area contributed by atoms with Gasteiger partial charge >= 0.3 is 6.18 Å². The van der Waals surface area contributed by atoms with Crippen LogP contribution in [0, 0.1) is 0 Å². The van der Waals surface area contributed by atoms with Gasteiger partial charge in [0, 0.05) is 18.5 Å². The number of aromatic nitrogens is 1. The average Bonchev–Trinajstić information content (AvgIpc) is 3.07. The molecule has 1 heterocycles. The molecule has 1 aromatic carbocycles. The Morgan fingerprint density at radius 1 is 1.14 bits per heavy atom. The van der Waals surface area contributed by atoms with Gasteiger partial charge in [0.15, 0.2) is 11.7 Å². The Morgan fingerprint density at radius 3 is 2.32 bits per heavy atom. The Labute approximate surface area is 184 Å². The summed E-state index contributed by atoms with van der Waals surface area (Å²) < 4.78 is 37.8. The molecule has 28 heavy (non-hydrogen) atoms. The monoisotopic (exact) mass is 527 g/mol. The van der Waals surface area contributed by atoms with E-state index >= 15 is 0 Å². The summed E-state index contributed by atoms with van der Waals surface area (Å²) in [6, 6.07) is 8.20. The zero-order valence-corrected chi connectivity index (χ0v) is 19.2. The second-order valence-corrected chi connectivity index (χ2v) is 7.17. The van der Waals surface area contributed by atoms with Crippen LogP contribution in [0.15, 0.2) is 34.6 Å². The van der Waals surface area contributed by atoms with Gasteiger partial charge in [0.1, 0.15) is 5.01 Å². The predicted octanol–water partition coefficient (Wildman–Crippen LogP) is 4.10. The van der Waals surface area contributed by atoms with Gasteiger partial charge in [-0.25, -0.2) is 9.98 Å². The Kier molecular flexibility index (Phi) is 10.2. The average molecular weight is 527 g/mol. The van der Waals surface area contributed by atoms with E-state index in [9.17, 15) is 13.2 Å². The summed E-state index contributed by atoms with van der Waals surface area (Å²) in [4.78, 5) is 10.2. The number of thiazole rings is 1. The maximum absolute atomic E-state index is 12.6. The van der Waals surface area contributed by atoms with E-state index in [1.165, 1.54) is 5.56 Å². The number of halogens is 4. The molecular formula is C18H25F3IN5S. The SMILES string of the molecule is CCNC(=NCc1ccc(CN(C)C)cc1)NCc1nc(C(F)(F)F)cs1.I. The molecule has 0 fully saturated rings. The first-order chi connectivity index (χ1) is 12.8. The number of rotatable bonds is 7. The van der Waals surface area contributed by atoms with Crippen LogP contribution in [0.5, 0.6) is 0 Å². The highest BCUT2D eigenvalue weighted by Gasteiger charge is 2.33. The number of nitrogens with one attached hydrogen (secondary N) is 2. The molecule has 0 atom stereocenters. The van der Waals surface area contributed by atoms with Gasteiger partial charge in [-0.1, -0.05) is 24.3 Å². The molecule has 0 saturated heterocycles. The first-order valence-corrected chi connectivity index (χ1v) is 9.42. The maximum Gasteiger partial charge on any atom is 0.434 e. The van der Waals surface area contributed by atoms with Crippen molar-refractivity contribution >= 4 is 41.3 Å².